The van der Waals surface area contributed by atoms with Gasteiger partial charge in [-0.3, -0.25) is 14.7 Å². The number of alkyl halides is 3. The number of hydrogen-bond donors (Lipinski definition) is 1. The SMILES string of the molecule is O=C(O)C(F)(F)F.O=C1C[C@H]2[C@H](CCN2Cc2ccccn2)N1CC1CC1. The molecule has 0 aromatic carbocycles. The number of amides is 1. The van der Waals surface area contributed by atoms with Crippen LogP contribution in [0.5, 0.6) is 0 Å². The van der Waals surface area contributed by atoms with Crippen LogP contribution in [0, 0.1) is 5.92 Å². The lowest BCUT2D eigenvalue weighted by molar-refractivity contribution is -0.192. The molecule has 1 N–H and O–H groups in total. The zero-order chi connectivity index (χ0) is 19.6. The van der Waals surface area contributed by atoms with Crippen molar-refractivity contribution in [1.29, 1.82) is 0 Å². The van der Waals surface area contributed by atoms with E-state index < -0.39 is 12.1 Å². The summed E-state index contributed by atoms with van der Waals surface area (Å²) < 4.78 is 31.7. The Kier molecular flexibility index (Phi) is 5.69. The molecule has 148 valence electrons. The standard InChI is InChI=1S/C16H21N3O.C2HF3O2/c20-16-9-15-14(19(16)10-12-4-5-12)6-8-18(15)11-13-3-1-2-7-17-13;3-2(4,5)1(6)7/h1-3,7,12,14-15H,4-6,8-11H2;(H,6,7)/t14-,15-;/m0./s1. The van der Waals surface area contributed by atoms with Crippen molar-refractivity contribution in [2.24, 2.45) is 5.92 Å². The summed E-state index contributed by atoms with van der Waals surface area (Å²) in [6.45, 7) is 2.99. The van der Waals surface area contributed by atoms with Crippen LogP contribution < -0.4 is 0 Å². The topological polar surface area (TPSA) is 73.7 Å². The van der Waals surface area contributed by atoms with Gasteiger partial charge in [0.2, 0.25) is 5.91 Å². The fourth-order valence-electron chi connectivity index (χ4n) is 3.72. The van der Waals surface area contributed by atoms with Gasteiger partial charge in [0.1, 0.15) is 0 Å². The van der Waals surface area contributed by atoms with E-state index in [1.54, 1.807) is 0 Å². The molecule has 2 saturated heterocycles. The third kappa shape index (κ3) is 4.97. The van der Waals surface area contributed by atoms with Gasteiger partial charge in [-0.1, -0.05) is 6.07 Å². The molecule has 1 amide bonds. The predicted molar refractivity (Wildman–Crippen MR) is 89.6 cm³/mol. The lowest BCUT2D eigenvalue weighted by atomic mass is 10.1. The third-order valence-corrected chi connectivity index (χ3v) is 5.22. The maximum Gasteiger partial charge on any atom is 0.490 e. The van der Waals surface area contributed by atoms with Crippen LogP contribution in [0.4, 0.5) is 13.2 Å². The molecule has 3 fully saturated rings. The Morgan fingerprint density at radius 3 is 2.48 bits per heavy atom. The first-order valence-electron chi connectivity index (χ1n) is 8.99. The number of aromatic nitrogens is 1. The van der Waals surface area contributed by atoms with Gasteiger partial charge in [0, 0.05) is 44.3 Å². The number of carboxylic acid groups (broad SMARTS) is 1. The quantitative estimate of drug-likeness (QED) is 0.861. The zero-order valence-electron chi connectivity index (χ0n) is 14.7. The minimum Gasteiger partial charge on any atom is -0.475 e. The number of aliphatic carboxylic acids is 1. The molecular formula is C18H22F3N3O3. The fraction of sp³-hybridized carbons (Fsp3) is 0.611. The molecule has 2 atom stereocenters. The van der Waals surface area contributed by atoms with E-state index >= 15 is 0 Å². The van der Waals surface area contributed by atoms with Crippen LogP contribution in [0.1, 0.15) is 31.4 Å². The second-order valence-corrected chi connectivity index (χ2v) is 7.21. The van der Waals surface area contributed by atoms with E-state index in [1.807, 2.05) is 18.3 Å². The van der Waals surface area contributed by atoms with Crippen LogP contribution in [0.25, 0.3) is 0 Å². The Hall–Kier alpha value is -2.16. The highest BCUT2D eigenvalue weighted by Gasteiger charge is 2.47. The van der Waals surface area contributed by atoms with E-state index in [-0.39, 0.29) is 0 Å². The number of carbonyl (C=O) groups excluding carboxylic acids is 1. The summed E-state index contributed by atoms with van der Waals surface area (Å²) in [5.41, 5.74) is 1.11. The van der Waals surface area contributed by atoms with E-state index in [4.69, 9.17) is 9.90 Å². The number of carboxylic acids is 1. The molecule has 3 heterocycles. The van der Waals surface area contributed by atoms with Crippen LogP contribution in [0.15, 0.2) is 24.4 Å². The molecule has 9 heteroatoms. The van der Waals surface area contributed by atoms with E-state index in [0.717, 1.165) is 37.7 Å². The fourth-order valence-corrected chi connectivity index (χ4v) is 3.72. The molecule has 6 nitrogen and oxygen atoms in total. The van der Waals surface area contributed by atoms with Crippen LogP contribution in [-0.2, 0) is 16.1 Å². The number of likely N-dealkylation sites (tertiary alicyclic amines) is 2. The second kappa shape index (κ2) is 7.84. The summed E-state index contributed by atoms with van der Waals surface area (Å²) in [6, 6.07) is 6.95. The van der Waals surface area contributed by atoms with E-state index in [9.17, 15) is 18.0 Å². The first kappa shape index (κ1) is 19.6. The summed E-state index contributed by atoms with van der Waals surface area (Å²) >= 11 is 0. The van der Waals surface area contributed by atoms with Crippen molar-refractivity contribution in [2.45, 2.75) is 50.5 Å². The Balaban J connectivity index is 0.000000260. The number of hydrogen-bond acceptors (Lipinski definition) is 4. The predicted octanol–water partition coefficient (Wildman–Crippen LogP) is 2.30. The number of rotatable bonds is 4. The van der Waals surface area contributed by atoms with Crippen molar-refractivity contribution < 1.29 is 27.9 Å². The Labute approximate surface area is 155 Å². The van der Waals surface area contributed by atoms with Gasteiger partial charge in [-0.2, -0.15) is 13.2 Å². The minimum absolute atomic E-state index is 0.373. The molecule has 0 spiro atoms. The van der Waals surface area contributed by atoms with Gasteiger partial charge < -0.3 is 10.0 Å². The lowest BCUT2D eigenvalue weighted by Crippen LogP contribution is -2.38. The molecule has 1 aromatic rings. The molecule has 0 unspecified atom stereocenters. The van der Waals surface area contributed by atoms with Gasteiger partial charge in [0.15, 0.2) is 0 Å². The molecule has 0 bridgehead atoms. The van der Waals surface area contributed by atoms with Crippen molar-refractivity contribution in [1.82, 2.24) is 14.8 Å². The Morgan fingerprint density at radius 1 is 1.22 bits per heavy atom. The maximum atomic E-state index is 12.2. The molecule has 3 aliphatic rings. The minimum atomic E-state index is -5.08. The van der Waals surface area contributed by atoms with Crippen molar-refractivity contribution >= 4 is 11.9 Å². The molecule has 1 aliphatic carbocycles. The molecule has 2 aliphatic heterocycles. The molecule has 0 radical (unpaired) electrons. The Bertz CT molecular complexity index is 679. The van der Waals surface area contributed by atoms with Gasteiger partial charge in [-0.05, 0) is 37.3 Å². The Morgan fingerprint density at radius 2 is 1.93 bits per heavy atom. The molecule has 4 rings (SSSR count). The van der Waals surface area contributed by atoms with Gasteiger partial charge in [-0.25, -0.2) is 4.79 Å². The molecular weight excluding hydrogens is 363 g/mol. The van der Waals surface area contributed by atoms with Crippen LogP contribution in [0.3, 0.4) is 0 Å². The zero-order valence-corrected chi connectivity index (χ0v) is 14.7. The average Bonchev–Trinajstić information content (AvgIpc) is 3.28. The first-order valence-corrected chi connectivity index (χ1v) is 8.99. The maximum absolute atomic E-state index is 12.2. The highest BCUT2D eigenvalue weighted by molar-refractivity contribution is 5.80. The first-order chi connectivity index (χ1) is 12.8. The monoisotopic (exact) mass is 385 g/mol. The number of carbonyl (C=O) groups is 2. The summed E-state index contributed by atoms with van der Waals surface area (Å²) in [5, 5.41) is 7.12. The van der Waals surface area contributed by atoms with Crippen molar-refractivity contribution in [2.75, 3.05) is 13.1 Å². The normalized spacial score (nSPS) is 25.1. The second-order valence-electron chi connectivity index (χ2n) is 7.21. The molecule has 27 heavy (non-hydrogen) atoms. The largest absolute Gasteiger partial charge is 0.490 e. The van der Waals surface area contributed by atoms with Gasteiger partial charge in [0.25, 0.3) is 0 Å². The van der Waals surface area contributed by atoms with Crippen LogP contribution in [0.2, 0.25) is 0 Å². The van der Waals surface area contributed by atoms with Gasteiger partial charge in [0.05, 0.1) is 5.69 Å². The van der Waals surface area contributed by atoms with Crippen molar-refractivity contribution in [3.63, 3.8) is 0 Å². The summed E-state index contributed by atoms with van der Waals surface area (Å²) in [5.74, 6) is -1.59. The molecule has 1 aromatic heterocycles. The van der Waals surface area contributed by atoms with Crippen LogP contribution in [-0.4, -0.2) is 63.1 Å². The van der Waals surface area contributed by atoms with Gasteiger partial charge >= 0.3 is 12.1 Å². The van der Waals surface area contributed by atoms with Crippen molar-refractivity contribution in [3.8, 4) is 0 Å². The number of halogens is 3. The number of fused-ring (bicyclic) bond motifs is 1. The van der Waals surface area contributed by atoms with Crippen molar-refractivity contribution in [3.05, 3.63) is 30.1 Å². The third-order valence-electron chi connectivity index (χ3n) is 5.22. The van der Waals surface area contributed by atoms with Crippen LogP contribution >= 0.6 is 0 Å². The number of pyridine rings is 1. The summed E-state index contributed by atoms with van der Waals surface area (Å²) in [7, 11) is 0. The highest BCUT2D eigenvalue weighted by atomic mass is 19.4. The van der Waals surface area contributed by atoms with E-state index in [0.29, 0.717) is 24.4 Å². The average molecular weight is 385 g/mol. The number of nitrogens with zero attached hydrogens (tertiary/aromatic N) is 3. The van der Waals surface area contributed by atoms with Gasteiger partial charge in [-0.15, -0.1) is 0 Å². The summed E-state index contributed by atoms with van der Waals surface area (Å²) in [6.07, 6.45) is 1.25. The summed E-state index contributed by atoms with van der Waals surface area (Å²) in [4.78, 5) is 30.2. The van der Waals surface area contributed by atoms with E-state index in [1.165, 1.54) is 12.8 Å². The molecule has 1 saturated carbocycles. The smallest absolute Gasteiger partial charge is 0.475 e. The van der Waals surface area contributed by atoms with E-state index in [2.05, 4.69) is 20.9 Å². The lowest BCUT2D eigenvalue weighted by Gasteiger charge is -2.25. The highest BCUT2D eigenvalue weighted by Crippen LogP contribution is 2.37.